The maximum Gasteiger partial charge on any atom is 0.269 e. The molecule has 1 amide bonds. The van der Waals surface area contributed by atoms with E-state index in [2.05, 4.69) is 10.00 Å². The summed E-state index contributed by atoms with van der Waals surface area (Å²) >= 11 is 0. The zero-order valence-corrected chi connectivity index (χ0v) is 11.8. The quantitative estimate of drug-likeness (QED) is 0.814. The SMILES string of the molecule is Cl.Cl.Cn1cc(CN2CCC(N)C2)c(C(N)=O)n1. The Bertz CT molecular complexity index is 409. The van der Waals surface area contributed by atoms with Gasteiger partial charge in [-0.25, -0.2) is 0 Å². The molecular formula is C10H19Cl2N5O. The van der Waals surface area contributed by atoms with Crippen molar-refractivity contribution in [3.05, 3.63) is 17.5 Å². The van der Waals surface area contributed by atoms with E-state index in [1.165, 1.54) is 0 Å². The number of nitrogens with zero attached hydrogens (tertiary/aromatic N) is 3. The minimum absolute atomic E-state index is 0. The van der Waals surface area contributed by atoms with Gasteiger partial charge in [-0.2, -0.15) is 5.10 Å². The lowest BCUT2D eigenvalue weighted by Crippen LogP contribution is -2.27. The molecule has 1 unspecified atom stereocenters. The second kappa shape index (κ2) is 6.94. The van der Waals surface area contributed by atoms with E-state index in [1.54, 1.807) is 11.7 Å². The number of carbonyl (C=O) groups excluding carboxylic acids is 1. The van der Waals surface area contributed by atoms with Crippen molar-refractivity contribution < 1.29 is 4.79 Å². The lowest BCUT2D eigenvalue weighted by Gasteiger charge is -2.13. The van der Waals surface area contributed by atoms with Gasteiger partial charge in [0.2, 0.25) is 0 Å². The third kappa shape index (κ3) is 3.84. The summed E-state index contributed by atoms with van der Waals surface area (Å²) in [6.45, 7) is 2.53. The van der Waals surface area contributed by atoms with Crippen LogP contribution in [0, 0.1) is 0 Å². The summed E-state index contributed by atoms with van der Waals surface area (Å²) in [6.07, 6.45) is 2.84. The smallest absolute Gasteiger partial charge is 0.269 e. The molecule has 0 bridgehead atoms. The molecule has 1 aromatic rings. The van der Waals surface area contributed by atoms with Crippen molar-refractivity contribution in [2.75, 3.05) is 13.1 Å². The van der Waals surface area contributed by atoms with Gasteiger partial charge in [0, 0.05) is 44.5 Å². The van der Waals surface area contributed by atoms with Crippen LogP contribution in [0.1, 0.15) is 22.5 Å². The fourth-order valence-electron chi connectivity index (χ4n) is 2.11. The lowest BCUT2D eigenvalue weighted by molar-refractivity contribution is 0.0993. The molecule has 4 N–H and O–H groups in total. The number of aromatic nitrogens is 2. The molecule has 6 nitrogen and oxygen atoms in total. The highest BCUT2D eigenvalue weighted by atomic mass is 35.5. The summed E-state index contributed by atoms with van der Waals surface area (Å²) in [5, 5.41) is 4.06. The standard InChI is InChI=1S/C10H17N5O.2ClH/c1-14-4-7(9(13-14)10(12)16)5-15-3-2-8(11)6-15;;/h4,8H,2-3,5-6,11H2,1H3,(H2,12,16);2*1H. The van der Waals surface area contributed by atoms with E-state index in [-0.39, 0.29) is 30.9 Å². The molecule has 0 aromatic carbocycles. The van der Waals surface area contributed by atoms with Gasteiger partial charge in [0.25, 0.3) is 5.91 Å². The maximum absolute atomic E-state index is 11.2. The van der Waals surface area contributed by atoms with Crippen molar-refractivity contribution in [2.24, 2.45) is 18.5 Å². The summed E-state index contributed by atoms with van der Waals surface area (Å²) in [5.74, 6) is -0.473. The lowest BCUT2D eigenvalue weighted by atomic mass is 10.2. The Morgan fingerprint density at radius 1 is 1.56 bits per heavy atom. The van der Waals surface area contributed by atoms with Gasteiger partial charge in [-0.15, -0.1) is 24.8 Å². The van der Waals surface area contributed by atoms with Crippen LogP contribution in [0.15, 0.2) is 6.20 Å². The zero-order valence-electron chi connectivity index (χ0n) is 10.2. The predicted molar refractivity (Wildman–Crippen MR) is 74.1 cm³/mol. The van der Waals surface area contributed by atoms with Gasteiger partial charge in [0.1, 0.15) is 0 Å². The monoisotopic (exact) mass is 295 g/mol. The molecule has 0 radical (unpaired) electrons. The molecule has 1 atom stereocenters. The van der Waals surface area contributed by atoms with Gasteiger partial charge in [-0.3, -0.25) is 14.4 Å². The van der Waals surface area contributed by atoms with Gasteiger partial charge < -0.3 is 11.5 Å². The number of hydrogen-bond acceptors (Lipinski definition) is 4. The Labute approximate surface area is 118 Å². The Morgan fingerprint density at radius 3 is 2.72 bits per heavy atom. The maximum atomic E-state index is 11.2. The molecule has 1 fully saturated rings. The van der Waals surface area contributed by atoms with Crippen LogP contribution in [0.3, 0.4) is 0 Å². The van der Waals surface area contributed by atoms with Crippen LogP contribution in [0.2, 0.25) is 0 Å². The molecule has 1 aliphatic heterocycles. The summed E-state index contributed by atoms with van der Waals surface area (Å²) in [5.41, 5.74) is 12.3. The molecule has 18 heavy (non-hydrogen) atoms. The summed E-state index contributed by atoms with van der Waals surface area (Å²) < 4.78 is 1.62. The third-order valence-electron chi connectivity index (χ3n) is 2.84. The zero-order chi connectivity index (χ0) is 11.7. The number of hydrogen-bond donors (Lipinski definition) is 2. The second-order valence-electron chi connectivity index (χ2n) is 4.32. The van der Waals surface area contributed by atoms with Crippen LogP contribution < -0.4 is 11.5 Å². The fraction of sp³-hybridized carbons (Fsp3) is 0.600. The van der Waals surface area contributed by atoms with Gasteiger partial charge in [0.05, 0.1) is 0 Å². The van der Waals surface area contributed by atoms with Crippen molar-refractivity contribution in [3.63, 3.8) is 0 Å². The van der Waals surface area contributed by atoms with E-state index < -0.39 is 5.91 Å². The number of rotatable bonds is 3. The Kier molecular flexibility index (Phi) is 6.62. The van der Waals surface area contributed by atoms with Crippen LogP contribution >= 0.6 is 24.8 Å². The van der Waals surface area contributed by atoms with Gasteiger partial charge in [-0.1, -0.05) is 0 Å². The van der Waals surface area contributed by atoms with Crippen LogP contribution in [0.4, 0.5) is 0 Å². The number of aryl methyl sites for hydroxylation is 1. The molecule has 8 heteroatoms. The van der Waals surface area contributed by atoms with Crippen molar-refractivity contribution in [1.29, 1.82) is 0 Å². The summed E-state index contributed by atoms with van der Waals surface area (Å²) in [7, 11) is 1.78. The normalized spacial score (nSPS) is 19.1. The molecule has 1 aromatic heterocycles. The number of nitrogens with two attached hydrogens (primary N) is 2. The summed E-state index contributed by atoms with van der Waals surface area (Å²) in [6, 6.07) is 0.244. The van der Waals surface area contributed by atoms with E-state index in [9.17, 15) is 4.79 Å². The third-order valence-corrected chi connectivity index (χ3v) is 2.84. The van der Waals surface area contributed by atoms with Gasteiger partial charge >= 0.3 is 0 Å². The van der Waals surface area contributed by atoms with E-state index in [0.29, 0.717) is 12.2 Å². The average molecular weight is 296 g/mol. The number of halogens is 2. The molecular weight excluding hydrogens is 277 g/mol. The Morgan fingerprint density at radius 2 is 2.22 bits per heavy atom. The van der Waals surface area contributed by atoms with Crippen LogP contribution in [0.25, 0.3) is 0 Å². The summed E-state index contributed by atoms with van der Waals surface area (Å²) in [4.78, 5) is 13.4. The highest BCUT2D eigenvalue weighted by Crippen LogP contribution is 2.14. The van der Waals surface area contributed by atoms with Crippen molar-refractivity contribution >= 4 is 30.7 Å². The molecule has 2 heterocycles. The molecule has 2 rings (SSSR count). The minimum atomic E-state index is -0.473. The molecule has 104 valence electrons. The van der Waals surface area contributed by atoms with E-state index in [4.69, 9.17) is 11.5 Å². The highest BCUT2D eigenvalue weighted by Gasteiger charge is 2.22. The first-order valence-corrected chi connectivity index (χ1v) is 5.36. The minimum Gasteiger partial charge on any atom is -0.364 e. The van der Waals surface area contributed by atoms with Crippen LogP contribution in [-0.2, 0) is 13.6 Å². The van der Waals surface area contributed by atoms with Crippen LogP contribution in [-0.4, -0.2) is 39.7 Å². The van der Waals surface area contributed by atoms with E-state index >= 15 is 0 Å². The Balaban J connectivity index is 0.00000144. The highest BCUT2D eigenvalue weighted by molar-refractivity contribution is 5.92. The first-order valence-electron chi connectivity index (χ1n) is 5.36. The average Bonchev–Trinajstić information content (AvgIpc) is 2.74. The Hall–Kier alpha value is -0.820. The molecule has 0 saturated carbocycles. The fourth-order valence-corrected chi connectivity index (χ4v) is 2.11. The molecule has 0 spiro atoms. The number of amides is 1. The van der Waals surface area contributed by atoms with Gasteiger partial charge in [-0.05, 0) is 6.42 Å². The predicted octanol–water partition coefficient (Wildman–Crippen LogP) is -0.104. The molecule has 1 saturated heterocycles. The first kappa shape index (κ1) is 17.2. The second-order valence-corrected chi connectivity index (χ2v) is 4.32. The van der Waals surface area contributed by atoms with E-state index in [0.717, 1.165) is 25.1 Å². The number of likely N-dealkylation sites (tertiary alicyclic amines) is 1. The number of carbonyl (C=O) groups is 1. The molecule has 0 aliphatic carbocycles. The first-order chi connectivity index (χ1) is 7.56. The van der Waals surface area contributed by atoms with E-state index in [1.807, 2.05) is 6.20 Å². The van der Waals surface area contributed by atoms with Gasteiger partial charge in [0.15, 0.2) is 5.69 Å². The van der Waals surface area contributed by atoms with Crippen molar-refractivity contribution in [2.45, 2.75) is 19.0 Å². The topological polar surface area (TPSA) is 90.2 Å². The van der Waals surface area contributed by atoms with Crippen LogP contribution in [0.5, 0.6) is 0 Å². The van der Waals surface area contributed by atoms with Crippen molar-refractivity contribution in [3.8, 4) is 0 Å². The number of primary amides is 1. The largest absolute Gasteiger partial charge is 0.364 e. The molecule has 1 aliphatic rings. The van der Waals surface area contributed by atoms with Crippen molar-refractivity contribution in [1.82, 2.24) is 14.7 Å².